The van der Waals surface area contributed by atoms with Crippen molar-refractivity contribution in [2.24, 2.45) is 5.92 Å². The number of carbonyl (C=O) groups is 2. The number of rotatable bonds is 3. The standard InChI is InChI=1S/C23H32N2O3/c1-17-13-20-14-18(8-9-21(20)28-17)15-22(26)25-12-6-7-19(16-25)23(27)24-10-4-2-3-5-11-24/h8-9,14,17,19H,2-7,10-13,15-16H2,1H3. The quantitative estimate of drug-likeness (QED) is 0.804. The van der Waals surface area contributed by atoms with E-state index >= 15 is 0 Å². The Balaban J connectivity index is 1.35. The minimum absolute atomic E-state index is 0.0231. The lowest BCUT2D eigenvalue weighted by Crippen LogP contribution is -2.47. The summed E-state index contributed by atoms with van der Waals surface area (Å²) >= 11 is 0. The van der Waals surface area contributed by atoms with E-state index in [2.05, 4.69) is 13.0 Å². The molecule has 0 bridgehead atoms. The molecular formula is C23H32N2O3. The number of benzene rings is 1. The van der Waals surface area contributed by atoms with Gasteiger partial charge in [-0.1, -0.05) is 25.0 Å². The third-order valence-corrected chi connectivity index (χ3v) is 6.36. The van der Waals surface area contributed by atoms with Gasteiger partial charge in [-0.2, -0.15) is 0 Å². The lowest BCUT2D eigenvalue weighted by Gasteiger charge is -2.35. The molecule has 152 valence electrons. The Kier molecular flexibility index (Phi) is 5.88. The first-order valence-electron chi connectivity index (χ1n) is 10.9. The highest BCUT2D eigenvalue weighted by Gasteiger charge is 2.31. The van der Waals surface area contributed by atoms with Gasteiger partial charge in [-0.3, -0.25) is 9.59 Å². The zero-order valence-electron chi connectivity index (χ0n) is 17.0. The molecule has 0 spiro atoms. The molecule has 28 heavy (non-hydrogen) atoms. The van der Waals surface area contributed by atoms with Crippen molar-refractivity contribution in [3.05, 3.63) is 29.3 Å². The molecule has 2 atom stereocenters. The van der Waals surface area contributed by atoms with E-state index < -0.39 is 0 Å². The fraction of sp³-hybridized carbons (Fsp3) is 0.652. The van der Waals surface area contributed by atoms with Gasteiger partial charge in [0.05, 0.1) is 12.3 Å². The number of nitrogens with zero attached hydrogens (tertiary/aromatic N) is 2. The van der Waals surface area contributed by atoms with Crippen molar-refractivity contribution in [3.63, 3.8) is 0 Å². The van der Waals surface area contributed by atoms with Crippen LogP contribution in [-0.4, -0.2) is 53.9 Å². The molecule has 0 aromatic heterocycles. The van der Waals surface area contributed by atoms with Crippen LogP contribution in [-0.2, 0) is 22.4 Å². The van der Waals surface area contributed by atoms with Crippen LogP contribution in [0.2, 0.25) is 0 Å². The number of likely N-dealkylation sites (tertiary alicyclic amines) is 2. The highest BCUT2D eigenvalue weighted by Crippen LogP contribution is 2.30. The number of hydrogen-bond acceptors (Lipinski definition) is 3. The molecule has 2 saturated heterocycles. The SMILES string of the molecule is CC1Cc2cc(CC(=O)N3CCCC(C(=O)N4CCCCCC4)C3)ccc2O1. The van der Waals surface area contributed by atoms with Gasteiger partial charge in [0.25, 0.3) is 0 Å². The summed E-state index contributed by atoms with van der Waals surface area (Å²) in [6.07, 6.45) is 8.05. The van der Waals surface area contributed by atoms with Crippen molar-refractivity contribution < 1.29 is 14.3 Å². The minimum atomic E-state index is -0.0231. The van der Waals surface area contributed by atoms with Crippen molar-refractivity contribution >= 4 is 11.8 Å². The molecule has 3 aliphatic heterocycles. The van der Waals surface area contributed by atoms with Crippen LogP contribution in [0, 0.1) is 5.92 Å². The van der Waals surface area contributed by atoms with Crippen LogP contribution in [0.4, 0.5) is 0 Å². The largest absolute Gasteiger partial charge is 0.490 e. The summed E-state index contributed by atoms with van der Waals surface area (Å²) < 4.78 is 5.75. The average Bonchev–Trinajstić information content (AvgIpc) is 2.90. The van der Waals surface area contributed by atoms with Gasteiger partial charge in [-0.25, -0.2) is 0 Å². The molecule has 2 amide bonds. The minimum Gasteiger partial charge on any atom is -0.490 e. The van der Waals surface area contributed by atoms with Crippen LogP contribution in [0.5, 0.6) is 5.75 Å². The molecule has 1 aromatic carbocycles. The number of fused-ring (bicyclic) bond motifs is 1. The van der Waals surface area contributed by atoms with E-state index in [4.69, 9.17) is 4.74 Å². The Morgan fingerprint density at radius 1 is 1.04 bits per heavy atom. The van der Waals surface area contributed by atoms with Gasteiger partial charge in [-0.15, -0.1) is 0 Å². The maximum Gasteiger partial charge on any atom is 0.227 e. The number of amides is 2. The molecule has 0 radical (unpaired) electrons. The van der Waals surface area contributed by atoms with Crippen LogP contribution in [0.15, 0.2) is 18.2 Å². The summed E-state index contributed by atoms with van der Waals surface area (Å²) in [6.45, 7) is 5.20. The summed E-state index contributed by atoms with van der Waals surface area (Å²) in [4.78, 5) is 29.8. The first kappa shape index (κ1) is 19.3. The summed E-state index contributed by atoms with van der Waals surface area (Å²) in [6, 6.07) is 6.10. The number of hydrogen-bond donors (Lipinski definition) is 0. The predicted octanol–water partition coefficient (Wildman–Crippen LogP) is 3.19. The second-order valence-corrected chi connectivity index (χ2v) is 8.67. The Bertz CT molecular complexity index is 725. The summed E-state index contributed by atoms with van der Waals surface area (Å²) in [5.74, 6) is 1.33. The molecule has 2 fully saturated rings. The topological polar surface area (TPSA) is 49.9 Å². The van der Waals surface area contributed by atoms with E-state index in [0.29, 0.717) is 13.0 Å². The fourth-order valence-electron chi connectivity index (χ4n) is 4.83. The van der Waals surface area contributed by atoms with Gasteiger partial charge in [0, 0.05) is 32.6 Å². The maximum atomic E-state index is 13.0. The molecule has 3 aliphatic rings. The first-order chi connectivity index (χ1) is 13.6. The van der Waals surface area contributed by atoms with Crippen molar-refractivity contribution in [1.82, 2.24) is 9.80 Å². The average molecular weight is 385 g/mol. The zero-order valence-corrected chi connectivity index (χ0v) is 17.0. The monoisotopic (exact) mass is 384 g/mol. The van der Waals surface area contributed by atoms with Gasteiger partial charge in [0.15, 0.2) is 0 Å². The Hall–Kier alpha value is -2.04. The smallest absolute Gasteiger partial charge is 0.227 e. The highest BCUT2D eigenvalue weighted by molar-refractivity contribution is 5.82. The Labute approximate surface area is 168 Å². The van der Waals surface area contributed by atoms with Crippen molar-refractivity contribution in [1.29, 1.82) is 0 Å². The third kappa shape index (κ3) is 4.34. The molecule has 0 saturated carbocycles. The molecule has 1 aromatic rings. The van der Waals surface area contributed by atoms with Crippen LogP contribution in [0.1, 0.15) is 56.6 Å². The fourth-order valence-corrected chi connectivity index (χ4v) is 4.83. The number of piperidine rings is 1. The van der Waals surface area contributed by atoms with E-state index in [-0.39, 0.29) is 23.8 Å². The van der Waals surface area contributed by atoms with Gasteiger partial charge in [-0.05, 0) is 49.8 Å². The van der Waals surface area contributed by atoms with E-state index in [1.54, 1.807) is 0 Å². The van der Waals surface area contributed by atoms with Crippen LogP contribution in [0.3, 0.4) is 0 Å². The maximum absolute atomic E-state index is 13.0. The summed E-state index contributed by atoms with van der Waals surface area (Å²) in [5.41, 5.74) is 2.24. The van der Waals surface area contributed by atoms with E-state index in [1.165, 1.54) is 18.4 Å². The molecule has 0 aliphatic carbocycles. The second-order valence-electron chi connectivity index (χ2n) is 8.67. The predicted molar refractivity (Wildman–Crippen MR) is 108 cm³/mol. The normalized spacial score (nSPS) is 25.0. The van der Waals surface area contributed by atoms with Gasteiger partial charge in [0.2, 0.25) is 11.8 Å². The molecule has 3 heterocycles. The molecule has 5 heteroatoms. The lowest BCUT2D eigenvalue weighted by atomic mass is 9.95. The van der Waals surface area contributed by atoms with Crippen molar-refractivity contribution in [3.8, 4) is 5.75 Å². The highest BCUT2D eigenvalue weighted by atomic mass is 16.5. The van der Waals surface area contributed by atoms with E-state index in [9.17, 15) is 9.59 Å². The van der Waals surface area contributed by atoms with Crippen molar-refractivity contribution in [2.75, 3.05) is 26.2 Å². The molecule has 5 nitrogen and oxygen atoms in total. The summed E-state index contributed by atoms with van der Waals surface area (Å²) in [7, 11) is 0. The van der Waals surface area contributed by atoms with Crippen LogP contribution >= 0.6 is 0 Å². The van der Waals surface area contributed by atoms with E-state index in [1.807, 2.05) is 21.9 Å². The second kappa shape index (κ2) is 8.54. The molecule has 2 unspecified atom stereocenters. The van der Waals surface area contributed by atoms with Gasteiger partial charge in [0.1, 0.15) is 11.9 Å². The Morgan fingerprint density at radius 2 is 1.79 bits per heavy atom. The van der Waals surface area contributed by atoms with Gasteiger partial charge < -0.3 is 14.5 Å². The van der Waals surface area contributed by atoms with Crippen molar-refractivity contribution in [2.45, 2.75) is 64.4 Å². The van der Waals surface area contributed by atoms with E-state index in [0.717, 1.165) is 63.1 Å². The molecule has 4 rings (SSSR count). The number of ether oxygens (including phenoxy) is 1. The molecular weight excluding hydrogens is 352 g/mol. The number of carbonyl (C=O) groups excluding carboxylic acids is 2. The molecule has 0 N–H and O–H groups in total. The van der Waals surface area contributed by atoms with Crippen LogP contribution in [0.25, 0.3) is 0 Å². The summed E-state index contributed by atoms with van der Waals surface area (Å²) in [5, 5.41) is 0. The van der Waals surface area contributed by atoms with Crippen LogP contribution < -0.4 is 4.74 Å². The lowest BCUT2D eigenvalue weighted by molar-refractivity contribution is -0.140. The van der Waals surface area contributed by atoms with Gasteiger partial charge >= 0.3 is 0 Å². The Morgan fingerprint density at radius 3 is 2.57 bits per heavy atom. The first-order valence-corrected chi connectivity index (χ1v) is 10.9. The zero-order chi connectivity index (χ0) is 19.5. The third-order valence-electron chi connectivity index (χ3n) is 6.36.